The first-order valence-electron chi connectivity index (χ1n) is 9.17. The Bertz CT molecular complexity index is 751. The number of benzene rings is 2. The van der Waals surface area contributed by atoms with E-state index in [4.69, 9.17) is 4.74 Å². The number of hydrogen-bond acceptors (Lipinski definition) is 2. The summed E-state index contributed by atoms with van der Waals surface area (Å²) < 4.78 is 5.76. The van der Waals surface area contributed by atoms with Crippen LogP contribution in [-0.2, 0) is 17.6 Å². The molecule has 0 fully saturated rings. The molecule has 2 aromatic carbocycles. The molecule has 1 amide bonds. The summed E-state index contributed by atoms with van der Waals surface area (Å²) in [5.74, 6) is 1.06. The van der Waals surface area contributed by atoms with Crippen LogP contribution in [0.1, 0.15) is 61.4 Å². The second-order valence-electron chi connectivity index (χ2n) is 7.15. The lowest BCUT2D eigenvalue weighted by atomic mass is 10.0. The number of para-hydroxylation sites is 1. The maximum absolute atomic E-state index is 12.3. The Balaban J connectivity index is 1.57. The zero-order valence-electron chi connectivity index (χ0n) is 15.3. The monoisotopic (exact) mass is 337 g/mol. The molecule has 0 radical (unpaired) electrons. The maximum atomic E-state index is 12.3. The normalized spacial score (nSPS) is 14.2. The van der Waals surface area contributed by atoms with E-state index in [1.54, 1.807) is 0 Å². The highest BCUT2D eigenvalue weighted by Crippen LogP contribution is 2.26. The molecule has 3 rings (SSSR count). The van der Waals surface area contributed by atoms with Crippen LogP contribution in [-0.4, -0.2) is 12.5 Å². The zero-order chi connectivity index (χ0) is 17.8. The number of ether oxygens (including phenoxy) is 1. The van der Waals surface area contributed by atoms with Gasteiger partial charge in [0, 0.05) is 0 Å². The summed E-state index contributed by atoms with van der Waals surface area (Å²) in [6.45, 7) is 6.31. The van der Waals surface area contributed by atoms with Crippen LogP contribution >= 0.6 is 0 Å². The Morgan fingerprint density at radius 3 is 2.64 bits per heavy atom. The van der Waals surface area contributed by atoms with Crippen molar-refractivity contribution in [2.75, 3.05) is 6.61 Å². The molecule has 0 heterocycles. The molecule has 1 aliphatic carbocycles. The highest BCUT2D eigenvalue weighted by atomic mass is 16.5. The van der Waals surface area contributed by atoms with Crippen LogP contribution in [0.5, 0.6) is 5.75 Å². The highest BCUT2D eigenvalue weighted by Gasteiger charge is 2.15. The fourth-order valence-electron chi connectivity index (χ4n) is 3.46. The van der Waals surface area contributed by atoms with E-state index in [0.717, 1.165) is 23.3 Å². The van der Waals surface area contributed by atoms with E-state index in [9.17, 15) is 4.79 Å². The Hall–Kier alpha value is -2.29. The van der Waals surface area contributed by atoms with E-state index in [1.165, 1.54) is 24.0 Å². The molecule has 1 unspecified atom stereocenters. The van der Waals surface area contributed by atoms with Crippen molar-refractivity contribution in [2.24, 2.45) is 0 Å². The van der Waals surface area contributed by atoms with E-state index >= 15 is 0 Å². The highest BCUT2D eigenvalue weighted by molar-refractivity contribution is 5.78. The Morgan fingerprint density at radius 2 is 1.84 bits per heavy atom. The molecular weight excluding hydrogens is 310 g/mol. The number of fused-ring (bicyclic) bond motifs is 1. The van der Waals surface area contributed by atoms with Crippen molar-refractivity contribution < 1.29 is 9.53 Å². The van der Waals surface area contributed by atoms with E-state index < -0.39 is 0 Å². The van der Waals surface area contributed by atoms with Crippen molar-refractivity contribution in [3.8, 4) is 5.75 Å². The van der Waals surface area contributed by atoms with Crippen LogP contribution in [0.15, 0.2) is 42.5 Å². The van der Waals surface area contributed by atoms with E-state index in [-0.39, 0.29) is 18.6 Å². The fourth-order valence-corrected chi connectivity index (χ4v) is 3.46. The minimum Gasteiger partial charge on any atom is -0.483 e. The van der Waals surface area contributed by atoms with Crippen molar-refractivity contribution in [1.82, 2.24) is 5.32 Å². The van der Waals surface area contributed by atoms with Gasteiger partial charge in [-0.2, -0.15) is 0 Å². The molecule has 0 aliphatic heterocycles. The first-order valence-corrected chi connectivity index (χ1v) is 9.17. The lowest BCUT2D eigenvalue weighted by molar-refractivity contribution is -0.123. The SMILES string of the molecule is CC(C)c1ccccc1OCC(=O)NC(C)c1ccc2c(c1)CCC2. The number of rotatable bonds is 6. The predicted molar refractivity (Wildman–Crippen MR) is 101 cm³/mol. The largest absolute Gasteiger partial charge is 0.483 e. The molecule has 3 nitrogen and oxygen atoms in total. The van der Waals surface area contributed by atoms with E-state index in [2.05, 4.69) is 37.4 Å². The smallest absolute Gasteiger partial charge is 0.258 e. The second kappa shape index (κ2) is 7.73. The molecule has 1 N–H and O–H groups in total. The van der Waals surface area contributed by atoms with Gasteiger partial charge in [-0.25, -0.2) is 0 Å². The molecule has 2 aromatic rings. The molecule has 3 heteroatoms. The summed E-state index contributed by atoms with van der Waals surface area (Å²) in [5.41, 5.74) is 5.18. The summed E-state index contributed by atoms with van der Waals surface area (Å²) in [6, 6.07) is 14.5. The fraction of sp³-hybridized carbons (Fsp3) is 0.409. The first-order chi connectivity index (χ1) is 12.0. The minimum absolute atomic E-state index is 0.0117. The molecule has 1 aliphatic rings. The van der Waals surface area contributed by atoms with Gasteiger partial charge in [-0.15, -0.1) is 0 Å². The Morgan fingerprint density at radius 1 is 1.08 bits per heavy atom. The van der Waals surface area contributed by atoms with Gasteiger partial charge in [0.1, 0.15) is 5.75 Å². The average molecular weight is 337 g/mol. The standard InChI is InChI=1S/C22H27NO2/c1-15(2)20-9-4-5-10-21(20)25-14-22(24)23-16(3)18-12-11-17-7-6-8-19(17)13-18/h4-5,9-13,15-16H,6-8,14H2,1-3H3,(H,23,24). The van der Waals surface area contributed by atoms with Crippen molar-refractivity contribution in [1.29, 1.82) is 0 Å². The van der Waals surface area contributed by atoms with Crippen molar-refractivity contribution in [3.05, 3.63) is 64.7 Å². The number of hydrogen-bond donors (Lipinski definition) is 1. The number of carbonyl (C=O) groups is 1. The number of amides is 1. The van der Waals surface area contributed by atoms with Crippen LogP contribution in [0.25, 0.3) is 0 Å². The lowest BCUT2D eigenvalue weighted by Gasteiger charge is -2.17. The third-order valence-corrected chi connectivity index (χ3v) is 4.90. The summed E-state index contributed by atoms with van der Waals surface area (Å²) >= 11 is 0. The van der Waals surface area contributed by atoms with Gasteiger partial charge in [0.15, 0.2) is 6.61 Å². The van der Waals surface area contributed by atoms with Gasteiger partial charge in [-0.1, -0.05) is 50.2 Å². The molecular formula is C22H27NO2. The molecule has 132 valence electrons. The van der Waals surface area contributed by atoms with Crippen LogP contribution in [0.2, 0.25) is 0 Å². The molecule has 25 heavy (non-hydrogen) atoms. The predicted octanol–water partition coefficient (Wildman–Crippen LogP) is 4.55. The van der Waals surface area contributed by atoms with Crippen LogP contribution < -0.4 is 10.1 Å². The van der Waals surface area contributed by atoms with Crippen molar-refractivity contribution >= 4 is 5.91 Å². The number of aryl methyl sites for hydroxylation is 2. The Labute approximate surface area is 150 Å². The third kappa shape index (κ3) is 4.22. The molecule has 0 bridgehead atoms. The minimum atomic E-state index is -0.0912. The summed E-state index contributed by atoms with van der Waals surface area (Å²) in [6.07, 6.45) is 3.57. The molecule has 0 saturated carbocycles. The van der Waals surface area contributed by atoms with Crippen LogP contribution in [0.4, 0.5) is 0 Å². The zero-order valence-corrected chi connectivity index (χ0v) is 15.3. The van der Waals surface area contributed by atoms with Gasteiger partial charge >= 0.3 is 0 Å². The van der Waals surface area contributed by atoms with Gasteiger partial charge in [0.25, 0.3) is 5.91 Å². The van der Waals surface area contributed by atoms with Crippen molar-refractivity contribution in [2.45, 2.75) is 52.0 Å². The molecule has 1 atom stereocenters. The van der Waals surface area contributed by atoms with Crippen molar-refractivity contribution in [3.63, 3.8) is 0 Å². The lowest BCUT2D eigenvalue weighted by Crippen LogP contribution is -2.31. The third-order valence-electron chi connectivity index (χ3n) is 4.90. The van der Waals surface area contributed by atoms with Gasteiger partial charge in [0.05, 0.1) is 6.04 Å². The van der Waals surface area contributed by atoms with Gasteiger partial charge < -0.3 is 10.1 Å². The summed E-state index contributed by atoms with van der Waals surface area (Å²) in [5, 5.41) is 3.04. The van der Waals surface area contributed by atoms with Gasteiger partial charge in [-0.05, 0) is 60.4 Å². The number of carbonyl (C=O) groups excluding carboxylic acids is 1. The maximum Gasteiger partial charge on any atom is 0.258 e. The first kappa shape index (κ1) is 17.5. The van der Waals surface area contributed by atoms with E-state index in [1.807, 2.05) is 31.2 Å². The molecule has 0 spiro atoms. The summed E-state index contributed by atoms with van der Waals surface area (Å²) in [4.78, 5) is 12.3. The van der Waals surface area contributed by atoms with Crippen LogP contribution in [0, 0.1) is 0 Å². The molecule has 0 aromatic heterocycles. The quantitative estimate of drug-likeness (QED) is 0.839. The van der Waals surface area contributed by atoms with E-state index in [0.29, 0.717) is 5.92 Å². The second-order valence-corrected chi connectivity index (χ2v) is 7.15. The summed E-state index contributed by atoms with van der Waals surface area (Å²) in [7, 11) is 0. The Kier molecular flexibility index (Phi) is 5.42. The topological polar surface area (TPSA) is 38.3 Å². The molecule has 0 saturated heterocycles. The number of nitrogens with one attached hydrogen (secondary N) is 1. The van der Waals surface area contributed by atoms with Crippen LogP contribution in [0.3, 0.4) is 0 Å². The average Bonchev–Trinajstić information content (AvgIpc) is 3.07. The van der Waals surface area contributed by atoms with Gasteiger partial charge in [-0.3, -0.25) is 4.79 Å². The van der Waals surface area contributed by atoms with Gasteiger partial charge in [0.2, 0.25) is 0 Å².